The first-order valence-electron chi connectivity index (χ1n) is 10.7. The van der Waals surface area contributed by atoms with E-state index in [4.69, 9.17) is 4.98 Å². The molecular formula is C24H28N4O3S2. The molecule has 0 spiro atoms. The number of aromatic nitrogens is 2. The Hall–Kier alpha value is -2.91. The first-order valence-corrected chi connectivity index (χ1v) is 12.5. The molecule has 33 heavy (non-hydrogen) atoms. The van der Waals surface area contributed by atoms with Crippen LogP contribution in [0.2, 0.25) is 0 Å². The van der Waals surface area contributed by atoms with Crippen LogP contribution in [0.1, 0.15) is 20.8 Å². The monoisotopic (exact) mass is 484 g/mol. The predicted octanol–water partition coefficient (Wildman–Crippen LogP) is 3.78. The Balaban J connectivity index is 1.85. The number of nitrogens with one attached hydrogen (secondary N) is 1. The maximum absolute atomic E-state index is 13.2. The Kier molecular flexibility index (Phi) is 8.46. The van der Waals surface area contributed by atoms with E-state index < -0.39 is 0 Å². The lowest BCUT2D eigenvalue weighted by atomic mass is 10.2. The van der Waals surface area contributed by atoms with Crippen LogP contribution in [0.5, 0.6) is 0 Å². The standard InChI is InChI=1S/C24H28N4O3S2/c1-5-12-28-23(31)18-13-19(17-10-8-7-9-11-17)33-22(18)26-24(28)32-15-21(30)27(6-2)14-20(29)25-16(3)4/h5,7-11,13,16H,1,6,12,14-15H2,2-4H3,(H,25,29). The van der Waals surface area contributed by atoms with Crippen LogP contribution in [-0.4, -0.2) is 51.1 Å². The van der Waals surface area contributed by atoms with Gasteiger partial charge in [0.2, 0.25) is 11.8 Å². The van der Waals surface area contributed by atoms with Crippen LogP contribution in [0.3, 0.4) is 0 Å². The fourth-order valence-electron chi connectivity index (χ4n) is 3.28. The third-order valence-corrected chi connectivity index (χ3v) is 6.87. The zero-order valence-electron chi connectivity index (χ0n) is 19.0. The normalized spacial score (nSPS) is 11.0. The smallest absolute Gasteiger partial charge is 0.263 e. The van der Waals surface area contributed by atoms with Crippen LogP contribution >= 0.6 is 23.1 Å². The number of hydrogen-bond acceptors (Lipinski definition) is 6. The van der Waals surface area contributed by atoms with E-state index >= 15 is 0 Å². The number of allylic oxidation sites excluding steroid dienone is 1. The zero-order valence-corrected chi connectivity index (χ0v) is 20.7. The maximum Gasteiger partial charge on any atom is 0.263 e. The predicted molar refractivity (Wildman–Crippen MR) is 136 cm³/mol. The van der Waals surface area contributed by atoms with E-state index in [2.05, 4.69) is 11.9 Å². The molecule has 9 heteroatoms. The first-order chi connectivity index (χ1) is 15.8. The number of rotatable bonds is 10. The van der Waals surface area contributed by atoms with Gasteiger partial charge in [0.1, 0.15) is 4.83 Å². The summed E-state index contributed by atoms with van der Waals surface area (Å²) in [5.41, 5.74) is 0.870. The molecule has 3 rings (SSSR count). The lowest BCUT2D eigenvalue weighted by Crippen LogP contribution is -2.43. The summed E-state index contributed by atoms with van der Waals surface area (Å²) < 4.78 is 1.54. The summed E-state index contributed by atoms with van der Waals surface area (Å²) in [7, 11) is 0. The van der Waals surface area contributed by atoms with Gasteiger partial charge in [0.05, 0.1) is 17.7 Å². The molecule has 0 saturated carbocycles. The number of carbonyl (C=O) groups is 2. The highest BCUT2D eigenvalue weighted by Crippen LogP contribution is 2.32. The van der Waals surface area contributed by atoms with E-state index in [0.29, 0.717) is 28.5 Å². The van der Waals surface area contributed by atoms with Gasteiger partial charge < -0.3 is 10.2 Å². The Morgan fingerprint density at radius 3 is 2.67 bits per heavy atom. The maximum atomic E-state index is 13.2. The fraction of sp³-hybridized carbons (Fsp3) is 0.333. The minimum absolute atomic E-state index is 0.00532. The summed E-state index contributed by atoms with van der Waals surface area (Å²) in [5.74, 6) is -0.299. The molecule has 7 nitrogen and oxygen atoms in total. The van der Waals surface area contributed by atoms with Gasteiger partial charge >= 0.3 is 0 Å². The molecule has 0 aliphatic rings. The average Bonchev–Trinajstić information content (AvgIpc) is 3.22. The number of hydrogen-bond donors (Lipinski definition) is 1. The summed E-state index contributed by atoms with van der Waals surface area (Å²) in [6, 6.07) is 11.7. The number of carbonyl (C=O) groups excluding carboxylic acids is 2. The minimum Gasteiger partial charge on any atom is -0.352 e. The highest BCUT2D eigenvalue weighted by Gasteiger charge is 2.19. The van der Waals surface area contributed by atoms with Crippen molar-refractivity contribution in [2.75, 3.05) is 18.8 Å². The first kappa shape index (κ1) is 24.7. The largest absolute Gasteiger partial charge is 0.352 e. The molecule has 174 valence electrons. The molecule has 0 saturated heterocycles. The summed E-state index contributed by atoms with van der Waals surface area (Å²) in [5, 5.41) is 3.81. The number of benzene rings is 1. The lowest BCUT2D eigenvalue weighted by molar-refractivity contribution is -0.134. The van der Waals surface area contributed by atoms with Crippen LogP contribution in [-0.2, 0) is 16.1 Å². The Morgan fingerprint density at radius 2 is 2.03 bits per heavy atom. The van der Waals surface area contributed by atoms with Crippen LogP contribution < -0.4 is 10.9 Å². The van der Waals surface area contributed by atoms with Gasteiger partial charge in [-0.2, -0.15) is 0 Å². The molecule has 0 unspecified atom stereocenters. The second-order valence-electron chi connectivity index (χ2n) is 7.71. The van der Waals surface area contributed by atoms with Gasteiger partial charge in [-0.15, -0.1) is 17.9 Å². The van der Waals surface area contributed by atoms with Crippen molar-refractivity contribution in [3.63, 3.8) is 0 Å². The Labute approximate surface area is 201 Å². The lowest BCUT2D eigenvalue weighted by Gasteiger charge is -2.21. The van der Waals surface area contributed by atoms with Crippen molar-refractivity contribution in [3.8, 4) is 10.4 Å². The van der Waals surface area contributed by atoms with Crippen LogP contribution in [0.15, 0.2) is 59.0 Å². The second kappa shape index (κ2) is 11.3. The zero-order chi connectivity index (χ0) is 24.0. The van der Waals surface area contributed by atoms with Crippen LogP contribution in [0.25, 0.3) is 20.7 Å². The van der Waals surface area contributed by atoms with Gasteiger partial charge in [-0.25, -0.2) is 4.98 Å². The van der Waals surface area contributed by atoms with Crippen molar-refractivity contribution in [2.24, 2.45) is 0 Å². The molecule has 1 aromatic carbocycles. The van der Waals surface area contributed by atoms with E-state index in [-0.39, 0.29) is 35.7 Å². The number of thiophene rings is 1. The molecule has 0 aliphatic heterocycles. The second-order valence-corrected chi connectivity index (χ2v) is 9.69. The molecule has 0 aliphatic carbocycles. The minimum atomic E-state index is -0.194. The van der Waals surface area contributed by atoms with Crippen molar-refractivity contribution in [2.45, 2.75) is 38.5 Å². The molecule has 0 radical (unpaired) electrons. The fourth-order valence-corrected chi connectivity index (χ4v) is 5.27. The van der Waals surface area contributed by atoms with E-state index in [1.807, 2.05) is 57.2 Å². The van der Waals surface area contributed by atoms with Gasteiger partial charge in [-0.05, 0) is 32.4 Å². The highest BCUT2D eigenvalue weighted by molar-refractivity contribution is 7.99. The topological polar surface area (TPSA) is 84.3 Å². The summed E-state index contributed by atoms with van der Waals surface area (Å²) in [4.78, 5) is 45.8. The molecule has 2 heterocycles. The molecule has 0 fully saturated rings. The van der Waals surface area contributed by atoms with Gasteiger partial charge in [-0.1, -0.05) is 48.2 Å². The Morgan fingerprint density at radius 1 is 1.30 bits per heavy atom. The van der Waals surface area contributed by atoms with Crippen molar-refractivity contribution >= 4 is 45.1 Å². The molecule has 2 amide bonds. The number of nitrogens with zero attached hydrogens (tertiary/aromatic N) is 3. The number of likely N-dealkylation sites (N-methyl/N-ethyl adjacent to an activating group) is 1. The van der Waals surface area contributed by atoms with Gasteiger partial charge in [0.25, 0.3) is 5.56 Å². The van der Waals surface area contributed by atoms with Crippen molar-refractivity contribution < 1.29 is 9.59 Å². The van der Waals surface area contributed by atoms with Crippen LogP contribution in [0.4, 0.5) is 0 Å². The van der Waals surface area contributed by atoms with Gasteiger partial charge in [0.15, 0.2) is 5.16 Å². The average molecular weight is 485 g/mol. The van der Waals surface area contributed by atoms with E-state index in [0.717, 1.165) is 10.4 Å². The van der Waals surface area contributed by atoms with Crippen molar-refractivity contribution in [3.05, 3.63) is 59.4 Å². The highest BCUT2D eigenvalue weighted by atomic mass is 32.2. The van der Waals surface area contributed by atoms with Gasteiger partial charge in [-0.3, -0.25) is 19.0 Å². The SMILES string of the molecule is C=CCn1c(SCC(=O)N(CC)CC(=O)NC(C)C)nc2sc(-c3ccccc3)cc2c1=O. The van der Waals surface area contributed by atoms with Gasteiger partial charge in [0, 0.05) is 24.0 Å². The summed E-state index contributed by atoms with van der Waals surface area (Å²) in [6.07, 6.45) is 1.64. The molecule has 0 atom stereocenters. The quantitative estimate of drug-likeness (QED) is 0.269. The van der Waals surface area contributed by atoms with Crippen molar-refractivity contribution in [1.29, 1.82) is 0 Å². The summed E-state index contributed by atoms with van der Waals surface area (Å²) in [6.45, 7) is 10.1. The summed E-state index contributed by atoms with van der Waals surface area (Å²) >= 11 is 2.65. The molecule has 1 N–H and O–H groups in total. The number of thioether (sulfide) groups is 1. The van der Waals surface area contributed by atoms with E-state index in [9.17, 15) is 14.4 Å². The molecule has 3 aromatic rings. The molecular weight excluding hydrogens is 456 g/mol. The van der Waals surface area contributed by atoms with E-state index in [1.165, 1.54) is 32.6 Å². The third-order valence-electron chi connectivity index (χ3n) is 4.83. The molecule has 0 bridgehead atoms. The van der Waals surface area contributed by atoms with E-state index in [1.54, 1.807) is 6.08 Å². The Bertz CT molecular complexity index is 1200. The number of amides is 2. The van der Waals surface area contributed by atoms with Crippen molar-refractivity contribution in [1.82, 2.24) is 19.8 Å². The molecule has 2 aromatic heterocycles. The van der Waals surface area contributed by atoms with Crippen LogP contribution in [0, 0.1) is 0 Å². The number of fused-ring (bicyclic) bond motifs is 1. The third kappa shape index (κ3) is 6.11.